The highest BCUT2D eigenvalue weighted by molar-refractivity contribution is 5.96. The minimum atomic E-state index is -0.524. The van der Waals surface area contributed by atoms with E-state index >= 15 is 0 Å². The number of hydrogen-bond donors (Lipinski definition) is 1. The standard InChI is InChI=1S/C14H17FN2O2/c1-3-12-13(18)16-9(2)14(19)17(12)8-10-5-4-6-11(15)7-10/h4-7,9,12H,3,8H2,1-2H3,(H,16,18). The minimum Gasteiger partial charge on any atom is -0.343 e. The molecule has 1 aliphatic heterocycles. The molecule has 1 aromatic rings. The van der Waals surface area contributed by atoms with E-state index in [2.05, 4.69) is 5.32 Å². The van der Waals surface area contributed by atoms with E-state index in [1.165, 1.54) is 17.0 Å². The Kier molecular flexibility index (Phi) is 3.83. The van der Waals surface area contributed by atoms with Gasteiger partial charge in [0.1, 0.15) is 17.9 Å². The molecule has 1 aliphatic rings. The van der Waals surface area contributed by atoms with E-state index in [4.69, 9.17) is 0 Å². The molecule has 2 unspecified atom stereocenters. The van der Waals surface area contributed by atoms with Crippen LogP contribution >= 0.6 is 0 Å². The number of halogens is 1. The Labute approximate surface area is 111 Å². The Bertz CT molecular complexity index is 504. The molecule has 1 saturated heterocycles. The number of amides is 2. The lowest BCUT2D eigenvalue weighted by molar-refractivity contribution is -0.149. The van der Waals surface area contributed by atoms with Crippen molar-refractivity contribution in [2.45, 2.75) is 38.9 Å². The van der Waals surface area contributed by atoms with Gasteiger partial charge in [0.2, 0.25) is 11.8 Å². The first kappa shape index (κ1) is 13.5. The summed E-state index contributed by atoms with van der Waals surface area (Å²) < 4.78 is 13.2. The molecule has 0 bridgehead atoms. The quantitative estimate of drug-likeness (QED) is 0.898. The van der Waals surface area contributed by atoms with Crippen LogP contribution in [0.5, 0.6) is 0 Å². The van der Waals surface area contributed by atoms with Gasteiger partial charge in [-0.15, -0.1) is 0 Å². The number of piperazine rings is 1. The molecule has 5 heteroatoms. The molecule has 0 aromatic heterocycles. The highest BCUT2D eigenvalue weighted by Crippen LogP contribution is 2.17. The van der Waals surface area contributed by atoms with Crippen molar-refractivity contribution in [3.05, 3.63) is 35.6 Å². The summed E-state index contributed by atoms with van der Waals surface area (Å²) in [5.41, 5.74) is 0.689. The number of carbonyl (C=O) groups is 2. The third-order valence-electron chi connectivity index (χ3n) is 3.32. The van der Waals surface area contributed by atoms with Crippen molar-refractivity contribution in [3.63, 3.8) is 0 Å². The Balaban J connectivity index is 2.24. The fourth-order valence-corrected chi connectivity index (χ4v) is 2.34. The maximum atomic E-state index is 13.2. The molecule has 1 N–H and O–H groups in total. The molecule has 2 atom stereocenters. The first-order chi connectivity index (χ1) is 9.02. The van der Waals surface area contributed by atoms with Gasteiger partial charge in [0.15, 0.2) is 0 Å². The molecular formula is C14H17FN2O2. The zero-order valence-electron chi connectivity index (χ0n) is 11.0. The van der Waals surface area contributed by atoms with E-state index in [1.807, 2.05) is 6.92 Å². The van der Waals surface area contributed by atoms with E-state index in [0.717, 1.165) is 0 Å². The zero-order valence-corrected chi connectivity index (χ0v) is 11.0. The highest BCUT2D eigenvalue weighted by atomic mass is 19.1. The molecule has 102 valence electrons. The van der Waals surface area contributed by atoms with Crippen molar-refractivity contribution >= 4 is 11.8 Å². The number of hydrogen-bond acceptors (Lipinski definition) is 2. The van der Waals surface area contributed by atoms with Crippen LogP contribution in [0, 0.1) is 5.82 Å². The van der Waals surface area contributed by atoms with Crippen molar-refractivity contribution in [2.24, 2.45) is 0 Å². The number of rotatable bonds is 3. The average molecular weight is 264 g/mol. The Morgan fingerprint density at radius 1 is 1.37 bits per heavy atom. The van der Waals surface area contributed by atoms with Crippen molar-refractivity contribution in [1.29, 1.82) is 0 Å². The molecule has 0 radical (unpaired) electrons. The SMILES string of the molecule is CCC1C(=O)NC(C)C(=O)N1Cc1cccc(F)c1. The number of carbonyl (C=O) groups excluding carboxylic acids is 2. The summed E-state index contributed by atoms with van der Waals surface area (Å²) in [4.78, 5) is 25.5. The van der Waals surface area contributed by atoms with Crippen LogP contribution in [0.3, 0.4) is 0 Å². The number of nitrogens with one attached hydrogen (secondary N) is 1. The van der Waals surface area contributed by atoms with Crippen molar-refractivity contribution in [3.8, 4) is 0 Å². The Morgan fingerprint density at radius 2 is 2.11 bits per heavy atom. The second-order valence-electron chi connectivity index (χ2n) is 4.75. The van der Waals surface area contributed by atoms with Crippen LogP contribution in [0.2, 0.25) is 0 Å². The van der Waals surface area contributed by atoms with Gasteiger partial charge >= 0.3 is 0 Å². The van der Waals surface area contributed by atoms with Crippen LogP contribution in [-0.2, 0) is 16.1 Å². The van der Waals surface area contributed by atoms with Crippen molar-refractivity contribution < 1.29 is 14.0 Å². The van der Waals surface area contributed by atoms with Gasteiger partial charge in [-0.2, -0.15) is 0 Å². The average Bonchev–Trinajstić information content (AvgIpc) is 2.36. The highest BCUT2D eigenvalue weighted by Gasteiger charge is 2.37. The lowest BCUT2D eigenvalue weighted by atomic mass is 10.0. The summed E-state index contributed by atoms with van der Waals surface area (Å²) in [6, 6.07) is 5.09. The molecular weight excluding hydrogens is 247 g/mol. The maximum Gasteiger partial charge on any atom is 0.245 e. The summed E-state index contributed by atoms with van der Waals surface area (Å²) in [6.45, 7) is 3.77. The molecule has 19 heavy (non-hydrogen) atoms. The van der Waals surface area contributed by atoms with E-state index in [0.29, 0.717) is 12.0 Å². The van der Waals surface area contributed by atoms with Crippen LogP contribution in [0.15, 0.2) is 24.3 Å². The van der Waals surface area contributed by atoms with Gasteiger partial charge in [-0.3, -0.25) is 9.59 Å². The number of nitrogens with zero attached hydrogens (tertiary/aromatic N) is 1. The van der Waals surface area contributed by atoms with Gasteiger partial charge < -0.3 is 10.2 Å². The fraction of sp³-hybridized carbons (Fsp3) is 0.429. The summed E-state index contributed by atoms with van der Waals surface area (Å²) >= 11 is 0. The molecule has 1 fully saturated rings. The van der Waals surface area contributed by atoms with Crippen molar-refractivity contribution in [2.75, 3.05) is 0 Å². The van der Waals surface area contributed by atoms with Gasteiger partial charge in [-0.25, -0.2) is 4.39 Å². The van der Waals surface area contributed by atoms with E-state index in [1.54, 1.807) is 19.1 Å². The summed E-state index contributed by atoms with van der Waals surface area (Å²) in [5, 5.41) is 2.65. The largest absolute Gasteiger partial charge is 0.343 e. The van der Waals surface area contributed by atoms with Crippen LogP contribution in [0.25, 0.3) is 0 Å². The molecule has 2 amide bonds. The van der Waals surface area contributed by atoms with Crippen molar-refractivity contribution in [1.82, 2.24) is 10.2 Å². The molecule has 1 aromatic carbocycles. The second-order valence-corrected chi connectivity index (χ2v) is 4.75. The minimum absolute atomic E-state index is 0.129. The lowest BCUT2D eigenvalue weighted by Crippen LogP contribution is -2.61. The first-order valence-corrected chi connectivity index (χ1v) is 6.38. The van der Waals surface area contributed by atoms with Gasteiger partial charge in [0.25, 0.3) is 0 Å². The predicted molar refractivity (Wildman–Crippen MR) is 68.6 cm³/mol. The van der Waals surface area contributed by atoms with Gasteiger partial charge in [0, 0.05) is 6.54 Å². The molecule has 1 heterocycles. The topological polar surface area (TPSA) is 49.4 Å². The molecule has 2 rings (SSSR count). The van der Waals surface area contributed by atoms with E-state index < -0.39 is 12.1 Å². The summed E-state index contributed by atoms with van der Waals surface area (Å²) in [6.07, 6.45) is 0.541. The van der Waals surface area contributed by atoms with Gasteiger partial charge in [-0.05, 0) is 31.0 Å². The third kappa shape index (κ3) is 2.75. The molecule has 0 saturated carbocycles. The monoisotopic (exact) mass is 264 g/mol. The van der Waals surface area contributed by atoms with Crippen LogP contribution in [-0.4, -0.2) is 28.8 Å². The van der Waals surface area contributed by atoms with E-state index in [-0.39, 0.29) is 24.2 Å². The van der Waals surface area contributed by atoms with Gasteiger partial charge in [0.05, 0.1) is 0 Å². The Morgan fingerprint density at radius 3 is 2.74 bits per heavy atom. The number of benzene rings is 1. The third-order valence-corrected chi connectivity index (χ3v) is 3.32. The molecule has 0 aliphatic carbocycles. The van der Waals surface area contributed by atoms with Gasteiger partial charge in [-0.1, -0.05) is 19.1 Å². The van der Waals surface area contributed by atoms with E-state index in [9.17, 15) is 14.0 Å². The lowest BCUT2D eigenvalue weighted by Gasteiger charge is -2.37. The summed E-state index contributed by atoms with van der Waals surface area (Å²) in [7, 11) is 0. The Hall–Kier alpha value is -1.91. The second kappa shape index (κ2) is 5.38. The maximum absolute atomic E-state index is 13.2. The smallest absolute Gasteiger partial charge is 0.245 e. The summed E-state index contributed by atoms with van der Waals surface area (Å²) in [5.74, 6) is -0.616. The van der Waals surface area contributed by atoms with Crippen LogP contribution in [0.4, 0.5) is 4.39 Å². The molecule has 4 nitrogen and oxygen atoms in total. The molecule has 0 spiro atoms. The zero-order chi connectivity index (χ0) is 14.0. The fourth-order valence-electron chi connectivity index (χ4n) is 2.34. The first-order valence-electron chi connectivity index (χ1n) is 6.38. The van der Waals surface area contributed by atoms with Crippen LogP contribution in [0.1, 0.15) is 25.8 Å². The normalized spacial score (nSPS) is 23.4. The predicted octanol–water partition coefficient (Wildman–Crippen LogP) is 1.45. The van der Waals surface area contributed by atoms with Crippen LogP contribution < -0.4 is 5.32 Å².